The van der Waals surface area contributed by atoms with Gasteiger partial charge in [0.15, 0.2) is 5.52 Å². The largest absolute Gasteiger partial charge is 0.329 e. The number of nitrogens with one attached hydrogen (secondary N) is 1. The van der Waals surface area contributed by atoms with Crippen LogP contribution in [-0.2, 0) is 14.1 Å². The summed E-state index contributed by atoms with van der Waals surface area (Å²) in [5, 5.41) is 0. The van der Waals surface area contributed by atoms with Crippen LogP contribution in [0.1, 0.15) is 5.82 Å². The monoisotopic (exact) mass is 194 g/mol. The van der Waals surface area contributed by atoms with Gasteiger partial charge in [-0.25, -0.2) is 9.78 Å². The highest BCUT2D eigenvalue weighted by molar-refractivity contribution is 5.69. The summed E-state index contributed by atoms with van der Waals surface area (Å²) in [6, 6.07) is 0. The molecule has 0 aliphatic heterocycles. The summed E-state index contributed by atoms with van der Waals surface area (Å²) in [7, 11) is 3.17. The third-order valence-corrected chi connectivity index (χ3v) is 2.36. The van der Waals surface area contributed by atoms with Crippen LogP contribution in [0, 0.1) is 6.92 Å². The van der Waals surface area contributed by atoms with Gasteiger partial charge in [0.25, 0.3) is 5.56 Å². The van der Waals surface area contributed by atoms with Gasteiger partial charge in [-0.2, -0.15) is 0 Å². The van der Waals surface area contributed by atoms with Crippen LogP contribution < -0.4 is 11.2 Å². The zero-order chi connectivity index (χ0) is 10.5. The van der Waals surface area contributed by atoms with E-state index in [9.17, 15) is 9.59 Å². The van der Waals surface area contributed by atoms with Crippen molar-refractivity contribution in [2.45, 2.75) is 6.92 Å². The molecule has 0 radical (unpaired) electrons. The molecule has 2 heterocycles. The van der Waals surface area contributed by atoms with Gasteiger partial charge in [0.05, 0.1) is 0 Å². The fraction of sp³-hybridized carbons (Fsp3) is 0.375. The Morgan fingerprint density at radius 2 is 1.86 bits per heavy atom. The maximum Gasteiger partial charge on any atom is 0.329 e. The molecule has 0 spiro atoms. The Bertz CT molecular complexity index is 617. The fourth-order valence-corrected chi connectivity index (χ4v) is 1.34. The summed E-state index contributed by atoms with van der Waals surface area (Å²) < 4.78 is 2.69. The number of nitrogens with zero attached hydrogens (tertiary/aromatic N) is 3. The lowest BCUT2D eigenvalue weighted by Crippen LogP contribution is -2.32. The predicted molar refractivity (Wildman–Crippen MR) is 51.3 cm³/mol. The van der Waals surface area contributed by atoms with Crippen molar-refractivity contribution in [3.8, 4) is 0 Å². The van der Waals surface area contributed by atoms with Gasteiger partial charge in [-0.3, -0.25) is 14.3 Å². The molecule has 0 atom stereocenters. The minimum absolute atomic E-state index is 0.298. The van der Waals surface area contributed by atoms with E-state index >= 15 is 0 Å². The number of H-pyrrole nitrogens is 1. The Hall–Kier alpha value is -1.85. The second-order valence-electron chi connectivity index (χ2n) is 3.21. The average Bonchev–Trinajstić information content (AvgIpc) is 2.42. The van der Waals surface area contributed by atoms with E-state index in [1.165, 1.54) is 7.05 Å². The van der Waals surface area contributed by atoms with Gasteiger partial charge in [-0.05, 0) is 6.92 Å². The minimum Gasteiger partial charge on any atom is -0.317 e. The van der Waals surface area contributed by atoms with Crippen molar-refractivity contribution >= 4 is 11.2 Å². The maximum absolute atomic E-state index is 11.6. The van der Waals surface area contributed by atoms with Gasteiger partial charge < -0.3 is 4.57 Å². The van der Waals surface area contributed by atoms with E-state index in [2.05, 4.69) is 9.97 Å². The SMILES string of the molecule is Cc1nc2c(=O)n(C)c(=O)[nH]c2n1C. The molecule has 2 aromatic rings. The summed E-state index contributed by atoms with van der Waals surface area (Å²) in [5.74, 6) is 0.693. The molecule has 1 N–H and O–H groups in total. The number of aryl methyl sites for hydroxylation is 2. The number of rotatable bonds is 0. The van der Waals surface area contributed by atoms with Gasteiger partial charge in [0.1, 0.15) is 11.5 Å². The summed E-state index contributed by atoms with van der Waals surface area (Å²) in [6.07, 6.45) is 0. The summed E-state index contributed by atoms with van der Waals surface area (Å²) in [4.78, 5) is 29.5. The van der Waals surface area contributed by atoms with Crippen LogP contribution in [0.25, 0.3) is 11.2 Å². The summed E-state index contributed by atoms with van der Waals surface area (Å²) >= 11 is 0. The molecule has 0 bridgehead atoms. The molecule has 14 heavy (non-hydrogen) atoms. The van der Waals surface area contributed by atoms with E-state index in [-0.39, 0.29) is 5.56 Å². The van der Waals surface area contributed by atoms with Crippen molar-refractivity contribution < 1.29 is 0 Å². The molecule has 0 fully saturated rings. The minimum atomic E-state index is -0.425. The highest BCUT2D eigenvalue weighted by atomic mass is 16.2. The first-order chi connectivity index (χ1) is 6.52. The van der Waals surface area contributed by atoms with E-state index in [4.69, 9.17) is 0 Å². The predicted octanol–water partition coefficient (Wildman–Crippen LogP) is -0.731. The number of aromatic nitrogens is 4. The highest BCUT2D eigenvalue weighted by Crippen LogP contribution is 2.04. The fourth-order valence-electron chi connectivity index (χ4n) is 1.34. The molecular formula is C8H10N4O2. The molecule has 0 aliphatic carbocycles. The Labute approximate surface area is 78.8 Å². The van der Waals surface area contributed by atoms with Crippen LogP contribution in [0.2, 0.25) is 0 Å². The van der Waals surface area contributed by atoms with E-state index < -0.39 is 5.69 Å². The third kappa shape index (κ3) is 0.935. The van der Waals surface area contributed by atoms with Gasteiger partial charge >= 0.3 is 5.69 Å². The van der Waals surface area contributed by atoms with Crippen LogP contribution in [0.15, 0.2) is 9.59 Å². The summed E-state index contributed by atoms with van der Waals surface area (Å²) in [5.41, 5.74) is -0.0272. The second-order valence-corrected chi connectivity index (χ2v) is 3.21. The zero-order valence-electron chi connectivity index (χ0n) is 8.16. The van der Waals surface area contributed by atoms with Crippen LogP contribution in [0.5, 0.6) is 0 Å². The van der Waals surface area contributed by atoms with Crippen LogP contribution in [-0.4, -0.2) is 19.1 Å². The van der Waals surface area contributed by atoms with Crippen molar-refractivity contribution in [2.75, 3.05) is 0 Å². The van der Waals surface area contributed by atoms with Gasteiger partial charge in [0, 0.05) is 14.1 Å². The van der Waals surface area contributed by atoms with E-state index in [1.54, 1.807) is 18.5 Å². The van der Waals surface area contributed by atoms with Gasteiger partial charge in [-0.15, -0.1) is 0 Å². The quantitative estimate of drug-likeness (QED) is 0.600. The molecule has 0 saturated carbocycles. The van der Waals surface area contributed by atoms with Crippen LogP contribution >= 0.6 is 0 Å². The molecule has 2 rings (SSSR count). The molecule has 0 saturated heterocycles. The molecule has 0 aromatic carbocycles. The molecule has 6 heteroatoms. The normalized spacial score (nSPS) is 11.1. The number of aromatic amines is 1. The topological polar surface area (TPSA) is 72.7 Å². The first-order valence-electron chi connectivity index (χ1n) is 4.14. The molecular weight excluding hydrogens is 184 g/mol. The van der Waals surface area contributed by atoms with E-state index in [1.807, 2.05) is 0 Å². The Morgan fingerprint density at radius 1 is 1.21 bits per heavy atom. The number of fused-ring (bicyclic) bond motifs is 1. The smallest absolute Gasteiger partial charge is 0.317 e. The summed E-state index contributed by atoms with van der Waals surface area (Å²) in [6.45, 7) is 1.78. The average molecular weight is 194 g/mol. The number of hydrogen-bond acceptors (Lipinski definition) is 3. The standard InChI is InChI=1S/C8H10N4O2/c1-4-9-5-6(11(4)2)10-8(14)12(3)7(5)13/h1-3H3,(H,10,14). The lowest BCUT2D eigenvalue weighted by atomic mass is 10.5. The number of hydrogen-bond donors (Lipinski definition) is 1. The van der Waals surface area contributed by atoms with Crippen molar-refractivity contribution in [1.29, 1.82) is 0 Å². The van der Waals surface area contributed by atoms with Crippen molar-refractivity contribution in [3.05, 3.63) is 26.7 Å². The van der Waals surface area contributed by atoms with Gasteiger partial charge in [-0.1, -0.05) is 0 Å². The van der Waals surface area contributed by atoms with Crippen LogP contribution in [0.3, 0.4) is 0 Å². The molecule has 74 valence electrons. The Kier molecular flexibility index (Phi) is 1.60. The van der Waals surface area contributed by atoms with E-state index in [0.29, 0.717) is 17.0 Å². The molecule has 0 unspecified atom stereocenters. The second kappa shape index (κ2) is 2.57. The van der Waals surface area contributed by atoms with Crippen molar-refractivity contribution in [3.63, 3.8) is 0 Å². The lowest BCUT2D eigenvalue weighted by Gasteiger charge is -1.97. The first-order valence-corrected chi connectivity index (χ1v) is 4.14. The maximum atomic E-state index is 11.6. The van der Waals surface area contributed by atoms with Crippen molar-refractivity contribution in [2.24, 2.45) is 14.1 Å². The van der Waals surface area contributed by atoms with Crippen LogP contribution in [0.4, 0.5) is 0 Å². The molecule has 0 aliphatic rings. The molecule has 6 nitrogen and oxygen atoms in total. The number of imidazole rings is 1. The zero-order valence-corrected chi connectivity index (χ0v) is 8.16. The Balaban J connectivity index is 3.14. The molecule has 0 amide bonds. The van der Waals surface area contributed by atoms with E-state index in [0.717, 1.165) is 4.57 Å². The van der Waals surface area contributed by atoms with Crippen molar-refractivity contribution in [1.82, 2.24) is 19.1 Å². The molecule has 2 aromatic heterocycles. The highest BCUT2D eigenvalue weighted by Gasteiger charge is 2.10. The third-order valence-electron chi connectivity index (χ3n) is 2.36. The lowest BCUT2D eigenvalue weighted by molar-refractivity contribution is 0.783. The van der Waals surface area contributed by atoms with Gasteiger partial charge in [0.2, 0.25) is 0 Å². The first kappa shape index (κ1) is 8.74. The Morgan fingerprint density at radius 3 is 2.50 bits per heavy atom.